The molecule has 0 radical (unpaired) electrons. The zero-order valence-corrected chi connectivity index (χ0v) is 14.9. The number of nitrogens with zero attached hydrogens (tertiary/aromatic N) is 1. The van der Waals surface area contributed by atoms with Crippen molar-refractivity contribution in [2.45, 2.75) is 19.4 Å². The number of rotatable bonds is 5. The number of aromatic nitrogens is 1. The van der Waals surface area contributed by atoms with Crippen LogP contribution in [0.25, 0.3) is 10.8 Å². The molecule has 3 rings (SSSR count). The number of amides is 1. The summed E-state index contributed by atoms with van der Waals surface area (Å²) < 4.78 is 5.26. The van der Waals surface area contributed by atoms with Crippen molar-refractivity contribution >= 4 is 40.1 Å². The number of anilines is 1. The Balaban J connectivity index is 1.61. The van der Waals surface area contributed by atoms with E-state index in [1.165, 1.54) is 13.1 Å². The fourth-order valence-electron chi connectivity index (χ4n) is 2.57. The van der Waals surface area contributed by atoms with Gasteiger partial charge in [0.2, 0.25) is 0 Å². The molecule has 0 spiro atoms. The second-order valence-electron chi connectivity index (χ2n) is 5.80. The van der Waals surface area contributed by atoms with Crippen LogP contribution in [-0.2, 0) is 20.7 Å². The predicted octanol–water partition coefficient (Wildman–Crippen LogP) is 4.00. The zero-order valence-electron chi connectivity index (χ0n) is 14.1. The molecule has 0 saturated carbocycles. The molecule has 26 heavy (non-hydrogen) atoms. The third-order valence-electron chi connectivity index (χ3n) is 3.87. The molecule has 2 aromatic carbocycles. The number of nitrogens with one attached hydrogen (secondary N) is 1. The van der Waals surface area contributed by atoms with Crippen molar-refractivity contribution < 1.29 is 14.3 Å². The maximum absolute atomic E-state index is 12.2. The SMILES string of the molecule is C[C@H](OC(=O)Cc1cccc2ccccc12)C(=O)Nc1ccc(Cl)cn1. The lowest BCUT2D eigenvalue weighted by Gasteiger charge is -2.14. The predicted molar refractivity (Wildman–Crippen MR) is 101 cm³/mol. The Morgan fingerprint density at radius 3 is 2.65 bits per heavy atom. The number of hydrogen-bond acceptors (Lipinski definition) is 4. The average Bonchev–Trinajstić information content (AvgIpc) is 2.64. The largest absolute Gasteiger partial charge is 0.452 e. The fraction of sp³-hybridized carbons (Fsp3) is 0.150. The Morgan fingerprint density at radius 1 is 1.12 bits per heavy atom. The van der Waals surface area contributed by atoms with Crippen LogP contribution in [0.4, 0.5) is 5.82 Å². The quantitative estimate of drug-likeness (QED) is 0.691. The van der Waals surface area contributed by atoms with E-state index in [9.17, 15) is 9.59 Å². The Morgan fingerprint density at radius 2 is 1.88 bits per heavy atom. The molecule has 1 amide bonds. The number of pyridine rings is 1. The molecule has 0 aliphatic rings. The lowest BCUT2D eigenvalue weighted by atomic mass is 10.0. The van der Waals surface area contributed by atoms with Gasteiger partial charge in [-0.1, -0.05) is 54.1 Å². The van der Waals surface area contributed by atoms with Gasteiger partial charge in [0.05, 0.1) is 11.4 Å². The number of ether oxygens (including phenoxy) is 1. The lowest BCUT2D eigenvalue weighted by Crippen LogP contribution is -2.30. The highest BCUT2D eigenvalue weighted by molar-refractivity contribution is 6.30. The summed E-state index contributed by atoms with van der Waals surface area (Å²) in [6.07, 6.45) is 0.585. The van der Waals surface area contributed by atoms with E-state index in [1.54, 1.807) is 12.1 Å². The minimum Gasteiger partial charge on any atom is -0.452 e. The van der Waals surface area contributed by atoms with Crippen molar-refractivity contribution in [3.63, 3.8) is 0 Å². The number of hydrogen-bond donors (Lipinski definition) is 1. The smallest absolute Gasteiger partial charge is 0.311 e. The number of carbonyl (C=O) groups excluding carboxylic acids is 2. The van der Waals surface area contributed by atoms with Crippen LogP contribution in [-0.4, -0.2) is 23.0 Å². The van der Waals surface area contributed by atoms with Crippen LogP contribution in [0.5, 0.6) is 0 Å². The molecule has 1 heterocycles. The van der Waals surface area contributed by atoms with Gasteiger partial charge in [-0.15, -0.1) is 0 Å². The molecule has 1 N–H and O–H groups in total. The van der Waals surface area contributed by atoms with Crippen molar-refractivity contribution in [2.75, 3.05) is 5.32 Å². The van der Waals surface area contributed by atoms with Crippen molar-refractivity contribution in [3.05, 3.63) is 71.4 Å². The van der Waals surface area contributed by atoms with E-state index < -0.39 is 18.0 Å². The van der Waals surface area contributed by atoms with Gasteiger partial charge < -0.3 is 10.1 Å². The van der Waals surface area contributed by atoms with E-state index in [0.717, 1.165) is 16.3 Å². The number of benzene rings is 2. The van der Waals surface area contributed by atoms with Gasteiger partial charge in [-0.2, -0.15) is 0 Å². The number of carbonyl (C=O) groups is 2. The normalized spacial score (nSPS) is 11.8. The number of fused-ring (bicyclic) bond motifs is 1. The second kappa shape index (κ2) is 7.97. The second-order valence-corrected chi connectivity index (χ2v) is 6.23. The molecule has 1 aromatic heterocycles. The lowest BCUT2D eigenvalue weighted by molar-refractivity contribution is -0.152. The van der Waals surface area contributed by atoms with Gasteiger partial charge >= 0.3 is 5.97 Å². The summed E-state index contributed by atoms with van der Waals surface area (Å²) in [6, 6.07) is 16.8. The fourth-order valence-corrected chi connectivity index (χ4v) is 2.68. The van der Waals surface area contributed by atoms with E-state index in [2.05, 4.69) is 10.3 Å². The molecule has 0 aliphatic carbocycles. The first kappa shape index (κ1) is 17.9. The van der Waals surface area contributed by atoms with Crippen LogP contribution in [0.1, 0.15) is 12.5 Å². The van der Waals surface area contributed by atoms with Crippen molar-refractivity contribution in [1.82, 2.24) is 4.98 Å². The molecular formula is C20H17ClN2O3. The molecule has 0 fully saturated rings. The molecule has 6 heteroatoms. The molecule has 5 nitrogen and oxygen atoms in total. The molecule has 0 aliphatic heterocycles. The van der Waals surface area contributed by atoms with Crippen molar-refractivity contribution in [1.29, 1.82) is 0 Å². The molecule has 3 aromatic rings. The van der Waals surface area contributed by atoms with E-state index in [4.69, 9.17) is 16.3 Å². The molecular weight excluding hydrogens is 352 g/mol. The zero-order chi connectivity index (χ0) is 18.5. The van der Waals surface area contributed by atoms with Crippen LogP contribution in [0, 0.1) is 0 Å². The first-order valence-electron chi connectivity index (χ1n) is 8.11. The molecule has 0 bridgehead atoms. The van der Waals surface area contributed by atoms with Gasteiger partial charge in [0, 0.05) is 6.20 Å². The number of halogens is 1. The highest BCUT2D eigenvalue weighted by Crippen LogP contribution is 2.19. The highest BCUT2D eigenvalue weighted by Gasteiger charge is 2.19. The molecule has 0 unspecified atom stereocenters. The Kier molecular flexibility index (Phi) is 5.49. The average molecular weight is 369 g/mol. The van der Waals surface area contributed by atoms with Gasteiger partial charge in [0.15, 0.2) is 6.10 Å². The standard InChI is InChI=1S/C20H17ClN2O3/c1-13(20(25)23-18-10-9-16(21)12-22-18)26-19(24)11-15-7-4-6-14-5-2-3-8-17(14)15/h2-10,12-13H,11H2,1H3,(H,22,23,25)/t13-/m0/s1. The minimum atomic E-state index is -0.935. The monoisotopic (exact) mass is 368 g/mol. The summed E-state index contributed by atoms with van der Waals surface area (Å²) in [5, 5.41) is 5.10. The summed E-state index contributed by atoms with van der Waals surface area (Å²) in [7, 11) is 0. The van der Waals surface area contributed by atoms with Gasteiger partial charge in [0.1, 0.15) is 5.82 Å². The van der Waals surface area contributed by atoms with Crippen LogP contribution in [0.15, 0.2) is 60.8 Å². The summed E-state index contributed by atoms with van der Waals surface area (Å²) in [5.41, 5.74) is 0.861. The molecule has 1 atom stereocenters. The Bertz CT molecular complexity index is 936. The van der Waals surface area contributed by atoms with Gasteiger partial charge in [-0.05, 0) is 35.4 Å². The van der Waals surface area contributed by atoms with Crippen molar-refractivity contribution in [3.8, 4) is 0 Å². The van der Waals surface area contributed by atoms with Crippen LogP contribution in [0.2, 0.25) is 5.02 Å². The summed E-state index contributed by atoms with van der Waals surface area (Å²) in [5.74, 6) is -0.574. The summed E-state index contributed by atoms with van der Waals surface area (Å²) in [4.78, 5) is 28.3. The van der Waals surface area contributed by atoms with Crippen LogP contribution in [0.3, 0.4) is 0 Å². The van der Waals surface area contributed by atoms with E-state index in [-0.39, 0.29) is 6.42 Å². The maximum atomic E-state index is 12.2. The third kappa shape index (κ3) is 4.37. The van der Waals surface area contributed by atoms with Gasteiger partial charge in [-0.3, -0.25) is 9.59 Å². The Hall–Kier alpha value is -2.92. The Labute approximate surface area is 156 Å². The highest BCUT2D eigenvalue weighted by atomic mass is 35.5. The van der Waals surface area contributed by atoms with Crippen LogP contribution < -0.4 is 5.32 Å². The summed E-state index contributed by atoms with van der Waals surface area (Å²) >= 11 is 5.75. The third-order valence-corrected chi connectivity index (χ3v) is 4.09. The van der Waals surface area contributed by atoms with E-state index in [1.807, 2.05) is 42.5 Å². The van der Waals surface area contributed by atoms with E-state index >= 15 is 0 Å². The van der Waals surface area contributed by atoms with Gasteiger partial charge in [0.25, 0.3) is 5.91 Å². The van der Waals surface area contributed by atoms with Crippen LogP contribution >= 0.6 is 11.6 Å². The summed E-state index contributed by atoms with van der Waals surface area (Å²) in [6.45, 7) is 1.52. The van der Waals surface area contributed by atoms with E-state index in [0.29, 0.717) is 10.8 Å². The minimum absolute atomic E-state index is 0.0954. The maximum Gasteiger partial charge on any atom is 0.311 e. The number of esters is 1. The molecule has 132 valence electrons. The molecule has 0 saturated heterocycles. The first-order valence-corrected chi connectivity index (χ1v) is 8.49. The van der Waals surface area contributed by atoms with Gasteiger partial charge in [-0.25, -0.2) is 4.98 Å². The van der Waals surface area contributed by atoms with Crippen molar-refractivity contribution in [2.24, 2.45) is 0 Å². The first-order chi connectivity index (χ1) is 12.5. The topological polar surface area (TPSA) is 68.3 Å².